The molecule has 0 radical (unpaired) electrons. The van der Waals surface area contributed by atoms with Gasteiger partial charge in [0, 0.05) is 38.4 Å². The summed E-state index contributed by atoms with van der Waals surface area (Å²) in [5.41, 5.74) is 2.55. The highest BCUT2D eigenvalue weighted by Crippen LogP contribution is 2.25. The quantitative estimate of drug-likeness (QED) is 0.866. The summed E-state index contributed by atoms with van der Waals surface area (Å²) in [6, 6.07) is 4.52. The highest BCUT2D eigenvalue weighted by molar-refractivity contribution is 5.46. The molecule has 2 aliphatic heterocycles. The summed E-state index contributed by atoms with van der Waals surface area (Å²) in [4.78, 5) is 13.7. The number of morpholine rings is 1. The molecule has 1 N–H and O–H groups in total. The summed E-state index contributed by atoms with van der Waals surface area (Å²) in [5, 5.41) is 12.4. The van der Waals surface area contributed by atoms with Crippen LogP contribution in [0.15, 0.2) is 18.3 Å². The van der Waals surface area contributed by atoms with E-state index in [9.17, 15) is 0 Å². The Morgan fingerprint density at radius 2 is 1.96 bits per heavy atom. The third-order valence-electron chi connectivity index (χ3n) is 5.63. The van der Waals surface area contributed by atoms with Crippen molar-refractivity contribution in [1.82, 2.24) is 20.2 Å². The van der Waals surface area contributed by atoms with Crippen LogP contribution in [0.1, 0.15) is 24.1 Å². The predicted octanol–water partition coefficient (Wildman–Crippen LogP) is 1.28. The molecule has 1 aliphatic carbocycles. The van der Waals surface area contributed by atoms with Crippen molar-refractivity contribution in [2.45, 2.75) is 31.7 Å². The third kappa shape index (κ3) is 3.53. The predicted molar refractivity (Wildman–Crippen MR) is 103 cm³/mol. The van der Waals surface area contributed by atoms with Crippen LogP contribution in [0.2, 0.25) is 0 Å². The average Bonchev–Trinajstić information content (AvgIpc) is 3.37. The summed E-state index contributed by atoms with van der Waals surface area (Å²) < 4.78 is 5.42. The molecule has 1 unspecified atom stereocenters. The van der Waals surface area contributed by atoms with Crippen molar-refractivity contribution in [1.29, 1.82) is 0 Å². The Balaban J connectivity index is 1.23. The SMILES string of the molecule is c1cc(N2CCOCC2)nc(NC2CCN(c3cc4c(nn3)CCC4)C2)n1. The van der Waals surface area contributed by atoms with E-state index in [0.29, 0.717) is 12.0 Å². The van der Waals surface area contributed by atoms with Gasteiger partial charge in [0.2, 0.25) is 5.95 Å². The highest BCUT2D eigenvalue weighted by Gasteiger charge is 2.26. The first-order valence-corrected chi connectivity index (χ1v) is 9.88. The Kier molecular flexibility index (Phi) is 4.49. The van der Waals surface area contributed by atoms with E-state index in [1.54, 1.807) is 0 Å². The zero-order chi connectivity index (χ0) is 18.1. The van der Waals surface area contributed by atoms with Gasteiger partial charge in [0.1, 0.15) is 5.82 Å². The van der Waals surface area contributed by atoms with E-state index in [1.165, 1.54) is 17.7 Å². The maximum absolute atomic E-state index is 5.42. The molecule has 0 bridgehead atoms. The average molecular weight is 367 g/mol. The molecule has 0 saturated carbocycles. The standard InChI is InChI=1S/C19H25N7O/c1-2-14-12-18(24-23-16(14)3-1)26-7-5-15(13-26)21-19-20-6-4-17(22-19)25-8-10-27-11-9-25/h4,6,12,15H,1-3,5,7-11,13H2,(H,20,21,22). The second-order valence-electron chi connectivity index (χ2n) is 7.44. The normalized spacial score (nSPS) is 22.1. The molecule has 5 rings (SSSR count). The fourth-order valence-electron chi connectivity index (χ4n) is 4.13. The molecule has 3 aliphatic rings. The molecule has 142 valence electrons. The second-order valence-corrected chi connectivity index (χ2v) is 7.44. The van der Waals surface area contributed by atoms with Gasteiger partial charge in [0.05, 0.1) is 18.9 Å². The number of nitrogens with zero attached hydrogens (tertiary/aromatic N) is 6. The molecule has 2 saturated heterocycles. The number of fused-ring (bicyclic) bond motifs is 1. The lowest BCUT2D eigenvalue weighted by atomic mass is 10.2. The summed E-state index contributed by atoms with van der Waals surface area (Å²) >= 11 is 0. The molecule has 8 nitrogen and oxygen atoms in total. The summed E-state index contributed by atoms with van der Waals surface area (Å²) in [6.07, 6.45) is 6.29. The number of hydrogen-bond acceptors (Lipinski definition) is 8. The van der Waals surface area contributed by atoms with Gasteiger partial charge >= 0.3 is 0 Å². The lowest BCUT2D eigenvalue weighted by Gasteiger charge is -2.28. The smallest absolute Gasteiger partial charge is 0.224 e. The molecule has 0 spiro atoms. The molecule has 1 atom stereocenters. The van der Waals surface area contributed by atoms with Crippen LogP contribution >= 0.6 is 0 Å². The van der Waals surface area contributed by atoms with Gasteiger partial charge in [-0.05, 0) is 43.4 Å². The van der Waals surface area contributed by atoms with Gasteiger partial charge in [-0.15, -0.1) is 5.10 Å². The van der Waals surface area contributed by atoms with Crippen LogP contribution in [0.4, 0.5) is 17.6 Å². The van der Waals surface area contributed by atoms with Crippen molar-refractivity contribution < 1.29 is 4.74 Å². The second kappa shape index (κ2) is 7.26. The molecule has 2 aromatic rings. The largest absolute Gasteiger partial charge is 0.378 e. The Hall–Kier alpha value is -2.48. The molecule has 2 aromatic heterocycles. The number of aryl methyl sites for hydroxylation is 2. The van der Waals surface area contributed by atoms with E-state index in [0.717, 1.165) is 70.3 Å². The fraction of sp³-hybridized carbons (Fsp3) is 0.579. The van der Waals surface area contributed by atoms with Crippen LogP contribution in [-0.4, -0.2) is 65.6 Å². The zero-order valence-electron chi connectivity index (χ0n) is 15.5. The van der Waals surface area contributed by atoms with Crippen LogP contribution in [-0.2, 0) is 17.6 Å². The zero-order valence-corrected chi connectivity index (χ0v) is 15.5. The first-order chi connectivity index (χ1) is 13.3. The maximum atomic E-state index is 5.42. The van der Waals surface area contributed by atoms with Crippen LogP contribution in [0, 0.1) is 0 Å². The lowest BCUT2D eigenvalue weighted by Crippen LogP contribution is -2.37. The van der Waals surface area contributed by atoms with Crippen LogP contribution < -0.4 is 15.1 Å². The number of rotatable bonds is 4. The Morgan fingerprint density at radius 1 is 1.04 bits per heavy atom. The van der Waals surface area contributed by atoms with Gasteiger partial charge in [-0.1, -0.05) is 0 Å². The monoisotopic (exact) mass is 367 g/mol. The van der Waals surface area contributed by atoms with Gasteiger partial charge in [-0.3, -0.25) is 0 Å². The Morgan fingerprint density at radius 3 is 2.89 bits per heavy atom. The van der Waals surface area contributed by atoms with Crippen molar-refractivity contribution >= 4 is 17.6 Å². The van der Waals surface area contributed by atoms with Gasteiger partial charge in [0.15, 0.2) is 5.82 Å². The van der Waals surface area contributed by atoms with Crippen molar-refractivity contribution in [2.75, 3.05) is 54.5 Å². The number of aromatic nitrogens is 4. The minimum Gasteiger partial charge on any atom is -0.378 e. The molecule has 4 heterocycles. The number of ether oxygens (including phenoxy) is 1. The maximum Gasteiger partial charge on any atom is 0.224 e. The van der Waals surface area contributed by atoms with E-state index in [1.807, 2.05) is 12.3 Å². The summed E-state index contributed by atoms with van der Waals surface area (Å²) in [6.45, 7) is 5.15. The molecule has 0 aromatic carbocycles. The highest BCUT2D eigenvalue weighted by atomic mass is 16.5. The third-order valence-corrected chi connectivity index (χ3v) is 5.63. The van der Waals surface area contributed by atoms with E-state index in [2.05, 4.69) is 36.4 Å². The lowest BCUT2D eigenvalue weighted by molar-refractivity contribution is 0.122. The molecule has 27 heavy (non-hydrogen) atoms. The minimum absolute atomic E-state index is 0.319. The topological polar surface area (TPSA) is 79.3 Å². The molecule has 0 amide bonds. The van der Waals surface area contributed by atoms with Crippen molar-refractivity contribution in [2.24, 2.45) is 0 Å². The summed E-state index contributed by atoms with van der Waals surface area (Å²) in [5.74, 6) is 2.67. The molecule has 8 heteroatoms. The molecular weight excluding hydrogens is 342 g/mol. The number of hydrogen-bond donors (Lipinski definition) is 1. The van der Waals surface area contributed by atoms with Crippen molar-refractivity contribution in [3.63, 3.8) is 0 Å². The van der Waals surface area contributed by atoms with E-state index < -0.39 is 0 Å². The van der Waals surface area contributed by atoms with Crippen molar-refractivity contribution in [3.8, 4) is 0 Å². The van der Waals surface area contributed by atoms with Gasteiger partial charge < -0.3 is 19.9 Å². The first kappa shape index (κ1) is 16.7. The fourth-order valence-corrected chi connectivity index (χ4v) is 4.13. The van der Waals surface area contributed by atoms with Crippen LogP contribution in [0.5, 0.6) is 0 Å². The van der Waals surface area contributed by atoms with E-state index in [4.69, 9.17) is 9.72 Å². The summed E-state index contributed by atoms with van der Waals surface area (Å²) in [7, 11) is 0. The van der Waals surface area contributed by atoms with E-state index in [-0.39, 0.29) is 0 Å². The molecule has 2 fully saturated rings. The molecular formula is C19H25N7O. The van der Waals surface area contributed by atoms with Gasteiger partial charge in [-0.25, -0.2) is 4.98 Å². The number of nitrogens with one attached hydrogen (secondary N) is 1. The van der Waals surface area contributed by atoms with Crippen molar-refractivity contribution in [3.05, 3.63) is 29.6 Å². The minimum atomic E-state index is 0.319. The van der Waals surface area contributed by atoms with Crippen LogP contribution in [0.3, 0.4) is 0 Å². The van der Waals surface area contributed by atoms with Gasteiger partial charge in [0.25, 0.3) is 0 Å². The Bertz CT molecular complexity index is 808. The Labute approximate surface area is 159 Å². The van der Waals surface area contributed by atoms with Crippen LogP contribution in [0.25, 0.3) is 0 Å². The number of anilines is 3. The van der Waals surface area contributed by atoms with Gasteiger partial charge in [-0.2, -0.15) is 10.1 Å². The van der Waals surface area contributed by atoms with E-state index >= 15 is 0 Å². The first-order valence-electron chi connectivity index (χ1n) is 9.88.